The van der Waals surface area contributed by atoms with Gasteiger partial charge in [0, 0.05) is 19.6 Å². The number of nitrogens with zero attached hydrogens (tertiary/aromatic N) is 1. The number of urea groups is 1. The van der Waals surface area contributed by atoms with Gasteiger partial charge in [-0.05, 0) is 30.5 Å². The van der Waals surface area contributed by atoms with E-state index in [1.165, 1.54) is 19.2 Å². The van der Waals surface area contributed by atoms with Crippen molar-refractivity contribution in [2.45, 2.75) is 19.4 Å². The van der Waals surface area contributed by atoms with E-state index in [1.807, 2.05) is 0 Å². The molecule has 1 aromatic rings. The average molecular weight is 320 g/mol. The molecule has 0 saturated carbocycles. The van der Waals surface area contributed by atoms with Crippen LogP contribution in [0.3, 0.4) is 0 Å². The van der Waals surface area contributed by atoms with Gasteiger partial charge in [0.2, 0.25) is 0 Å². The van der Waals surface area contributed by atoms with Crippen LogP contribution in [0.5, 0.6) is 0 Å². The molecule has 1 saturated heterocycles. The van der Waals surface area contributed by atoms with Gasteiger partial charge < -0.3 is 20.1 Å². The van der Waals surface area contributed by atoms with Crippen LogP contribution >= 0.6 is 0 Å². The average Bonchev–Trinajstić information content (AvgIpc) is 2.59. The molecule has 0 aromatic heterocycles. The van der Waals surface area contributed by atoms with E-state index in [4.69, 9.17) is 9.84 Å². The fourth-order valence-electron chi connectivity index (χ4n) is 2.58. The molecule has 2 rings (SSSR count). The van der Waals surface area contributed by atoms with Crippen molar-refractivity contribution < 1.29 is 24.2 Å². The second kappa shape index (κ2) is 7.62. The molecule has 1 fully saturated rings. The molecule has 1 heterocycles. The molecule has 1 aliphatic rings. The highest BCUT2D eigenvalue weighted by atomic mass is 16.5. The Bertz CT molecular complexity index is 585. The maximum absolute atomic E-state index is 12.2. The number of rotatable bonds is 4. The predicted octanol–water partition coefficient (Wildman–Crippen LogP) is 1.48. The molecule has 1 atom stereocenters. The third-order valence-corrected chi connectivity index (χ3v) is 3.89. The van der Waals surface area contributed by atoms with Crippen molar-refractivity contribution in [1.82, 2.24) is 10.2 Å². The van der Waals surface area contributed by atoms with Crippen molar-refractivity contribution in [2.24, 2.45) is 5.92 Å². The molecule has 0 spiro atoms. The number of hydrogen-bond acceptors (Lipinski definition) is 4. The van der Waals surface area contributed by atoms with E-state index in [0.29, 0.717) is 19.6 Å². The van der Waals surface area contributed by atoms with Crippen LogP contribution in [-0.2, 0) is 16.1 Å². The van der Waals surface area contributed by atoms with Gasteiger partial charge in [0.25, 0.3) is 0 Å². The smallest absolute Gasteiger partial charge is 0.335 e. The third-order valence-electron chi connectivity index (χ3n) is 3.89. The zero-order chi connectivity index (χ0) is 16.8. The summed E-state index contributed by atoms with van der Waals surface area (Å²) in [5, 5.41) is 11.6. The topological polar surface area (TPSA) is 95.9 Å². The molecule has 124 valence electrons. The van der Waals surface area contributed by atoms with E-state index in [1.54, 1.807) is 17.0 Å². The minimum Gasteiger partial charge on any atom is -0.478 e. The van der Waals surface area contributed by atoms with Crippen molar-refractivity contribution in [3.63, 3.8) is 0 Å². The first kappa shape index (κ1) is 16.8. The van der Waals surface area contributed by atoms with E-state index >= 15 is 0 Å². The number of nitrogens with one attached hydrogen (secondary N) is 1. The van der Waals surface area contributed by atoms with Crippen LogP contribution in [0.15, 0.2) is 24.3 Å². The van der Waals surface area contributed by atoms with E-state index in [-0.39, 0.29) is 23.5 Å². The lowest BCUT2D eigenvalue weighted by atomic mass is 9.98. The number of carboxylic acid groups (broad SMARTS) is 1. The second-order valence-corrected chi connectivity index (χ2v) is 5.47. The molecule has 2 N–H and O–H groups in total. The van der Waals surface area contributed by atoms with Gasteiger partial charge in [0.05, 0.1) is 18.6 Å². The van der Waals surface area contributed by atoms with Gasteiger partial charge >= 0.3 is 18.0 Å². The number of aromatic carboxylic acids is 1. The van der Waals surface area contributed by atoms with Crippen molar-refractivity contribution in [2.75, 3.05) is 20.2 Å². The largest absolute Gasteiger partial charge is 0.478 e. The Morgan fingerprint density at radius 1 is 1.30 bits per heavy atom. The number of likely N-dealkylation sites (tertiary alicyclic amines) is 1. The number of carboxylic acids is 1. The van der Waals surface area contributed by atoms with Crippen molar-refractivity contribution in [3.05, 3.63) is 35.4 Å². The summed E-state index contributed by atoms with van der Waals surface area (Å²) in [5.74, 6) is -1.54. The van der Waals surface area contributed by atoms with Crippen LogP contribution in [0.2, 0.25) is 0 Å². The van der Waals surface area contributed by atoms with E-state index in [2.05, 4.69) is 5.32 Å². The summed E-state index contributed by atoms with van der Waals surface area (Å²) in [7, 11) is 1.35. The number of hydrogen-bond donors (Lipinski definition) is 2. The highest BCUT2D eigenvalue weighted by Crippen LogP contribution is 2.17. The van der Waals surface area contributed by atoms with Gasteiger partial charge in [-0.1, -0.05) is 12.1 Å². The monoisotopic (exact) mass is 320 g/mol. The number of carbonyl (C=O) groups is 3. The molecule has 7 heteroatoms. The van der Waals surface area contributed by atoms with Gasteiger partial charge in [-0.15, -0.1) is 0 Å². The molecule has 0 aliphatic carbocycles. The fraction of sp³-hybridized carbons (Fsp3) is 0.438. The van der Waals surface area contributed by atoms with Crippen LogP contribution in [0.4, 0.5) is 4.79 Å². The van der Waals surface area contributed by atoms with Crippen LogP contribution < -0.4 is 5.32 Å². The Morgan fingerprint density at radius 3 is 2.61 bits per heavy atom. The number of amides is 2. The molecule has 1 aliphatic heterocycles. The predicted molar refractivity (Wildman–Crippen MR) is 82.0 cm³/mol. The van der Waals surface area contributed by atoms with Crippen LogP contribution in [0, 0.1) is 5.92 Å². The maximum Gasteiger partial charge on any atom is 0.335 e. The lowest BCUT2D eigenvalue weighted by molar-refractivity contribution is -0.146. The summed E-state index contributed by atoms with van der Waals surface area (Å²) >= 11 is 0. The maximum atomic E-state index is 12.2. The van der Waals surface area contributed by atoms with Gasteiger partial charge in [0.15, 0.2) is 0 Å². The normalized spacial score (nSPS) is 17.4. The number of piperidine rings is 1. The van der Waals surface area contributed by atoms with Gasteiger partial charge in [0.1, 0.15) is 0 Å². The molecule has 1 aromatic carbocycles. The molecule has 2 amide bonds. The Kier molecular flexibility index (Phi) is 5.56. The molecule has 23 heavy (non-hydrogen) atoms. The number of benzene rings is 1. The first-order valence-electron chi connectivity index (χ1n) is 7.44. The summed E-state index contributed by atoms with van der Waals surface area (Å²) in [6.07, 6.45) is 1.49. The lowest BCUT2D eigenvalue weighted by Crippen LogP contribution is -2.47. The lowest BCUT2D eigenvalue weighted by Gasteiger charge is -2.31. The fourth-order valence-corrected chi connectivity index (χ4v) is 2.58. The van der Waals surface area contributed by atoms with Gasteiger partial charge in [-0.25, -0.2) is 9.59 Å². The minimum atomic E-state index is -0.984. The number of methoxy groups -OCH3 is 1. The van der Waals surface area contributed by atoms with Gasteiger partial charge in [-0.2, -0.15) is 0 Å². The highest BCUT2D eigenvalue weighted by molar-refractivity contribution is 5.87. The number of ether oxygens (including phenoxy) is 1. The van der Waals surface area contributed by atoms with Crippen LogP contribution in [-0.4, -0.2) is 48.2 Å². The summed E-state index contributed by atoms with van der Waals surface area (Å²) < 4.78 is 4.73. The van der Waals surface area contributed by atoms with Crippen molar-refractivity contribution in [1.29, 1.82) is 0 Å². The summed E-state index contributed by atoms with van der Waals surface area (Å²) in [5.41, 5.74) is 1.02. The molecule has 0 unspecified atom stereocenters. The highest BCUT2D eigenvalue weighted by Gasteiger charge is 2.28. The first-order chi connectivity index (χ1) is 11.0. The van der Waals surface area contributed by atoms with Crippen molar-refractivity contribution in [3.8, 4) is 0 Å². The molecule has 0 radical (unpaired) electrons. The Morgan fingerprint density at radius 2 is 2.00 bits per heavy atom. The summed E-state index contributed by atoms with van der Waals surface area (Å²) in [6.45, 7) is 1.27. The molecular weight excluding hydrogens is 300 g/mol. The third kappa shape index (κ3) is 4.45. The second-order valence-electron chi connectivity index (χ2n) is 5.47. The Balaban J connectivity index is 1.86. The van der Waals surface area contributed by atoms with Crippen LogP contribution in [0.1, 0.15) is 28.8 Å². The SMILES string of the molecule is COC(=O)[C@H]1CCCN(C(=O)NCc2ccc(C(=O)O)cc2)C1. The number of carbonyl (C=O) groups excluding carboxylic acids is 2. The van der Waals surface area contributed by atoms with E-state index in [9.17, 15) is 14.4 Å². The van der Waals surface area contributed by atoms with Crippen molar-refractivity contribution >= 4 is 18.0 Å². The molecular formula is C16H20N2O5. The first-order valence-corrected chi connectivity index (χ1v) is 7.44. The van der Waals surface area contributed by atoms with E-state index < -0.39 is 5.97 Å². The summed E-state index contributed by atoms with van der Waals surface area (Å²) in [6, 6.07) is 6.09. The Labute approximate surface area is 134 Å². The molecule has 0 bridgehead atoms. The Hall–Kier alpha value is -2.57. The van der Waals surface area contributed by atoms with Crippen LogP contribution in [0.25, 0.3) is 0 Å². The number of esters is 1. The minimum absolute atomic E-state index is 0.206. The van der Waals surface area contributed by atoms with E-state index in [0.717, 1.165) is 18.4 Å². The zero-order valence-electron chi connectivity index (χ0n) is 12.9. The quantitative estimate of drug-likeness (QED) is 0.819. The van der Waals surface area contributed by atoms with Gasteiger partial charge in [-0.3, -0.25) is 4.79 Å². The summed E-state index contributed by atoms with van der Waals surface area (Å²) in [4.78, 5) is 36.1. The molecule has 7 nitrogen and oxygen atoms in total. The zero-order valence-corrected chi connectivity index (χ0v) is 12.9. The standard InChI is InChI=1S/C16H20N2O5/c1-23-15(21)13-3-2-8-18(10-13)16(22)17-9-11-4-6-12(7-5-11)14(19)20/h4-7,13H,2-3,8-10H2,1H3,(H,17,22)(H,19,20)/t13-/m0/s1.